The second kappa shape index (κ2) is 8.12. The zero-order valence-corrected chi connectivity index (χ0v) is 16.3. The fourth-order valence-corrected chi connectivity index (χ4v) is 3.47. The van der Waals surface area contributed by atoms with Gasteiger partial charge in [-0.25, -0.2) is 0 Å². The first kappa shape index (κ1) is 21.0. The molecule has 0 radical (unpaired) electrons. The minimum absolute atomic E-state index is 0.0235. The minimum Gasteiger partial charge on any atom is -0.507 e. The maximum atomic E-state index is 12.5. The second-order valence-electron chi connectivity index (χ2n) is 7.28. The van der Waals surface area contributed by atoms with Crippen LogP contribution >= 0.6 is 0 Å². The highest BCUT2D eigenvalue weighted by Gasteiger charge is 2.46. The van der Waals surface area contributed by atoms with Gasteiger partial charge in [0.25, 0.3) is 0 Å². The summed E-state index contributed by atoms with van der Waals surface area (Å²) in [7, 11) is 0. The molecule has 1 saturated heterocycles. The summed E-state index contributed by atoms with van der Waals surface area (Å²) in [6.45, 7) is 1.16. The number of rotatable bonds is 4. The number of aromatic hydroxyl groups is 1. The second-order valence-corrected chi connectivity index (χ2v) is 7.28. The molecule has 3 aromatic rings. The first-order valence-corrected chi connectivity index (χ1v) is 9.49. The zero-order chi connectivity index (χ0) is 22.3. The number of carbonyl (C=O) groups is 1. The molecule has 9 heteroatoms. The Balaban J connectivity index is 1.71. The molecule has 1 aromatic heterocycles. The molecule has 0 aliphatic carbocycles. The van der Waals surface area contributed by atoms with Crippen LogP contribution in [0.15, 0.2) is 57.7 Å². The van der Waals surface area contributed by atoms with E-state index in [-0.39, 0.29) is 22.5 Å². The van der Waals surface area contributed by atoms with Crippen molar-refractivity contribution in [1.82, 2.24) is 0 Å². The van der Waals surface area contributed by atoms with Crippen LogP contribution in [0.3, 0.4) is 0 Å². The van der Waals surface area contributed by atoms with E-state index >= 15 is 0 Å². The maximum absolute atomic E-state index is 12.5. The maximum Gasteiger partial charge on any atom is 0.229 e. The van der Waals surface area contributed by atoms with E-state index in [4.69, 9.17) is 13.9 Å². The van der Waals surface area contributed by atoms with Crippen molar-refractivity contribution in [3.8, 4) is 22.8 Å². The summed E-state index contributed by atoms with van der Waals surface area (Å²) in [6, 6.07) is 12.6. The van der Waals surface area contributed by atoms with E-state index in [1.807, 2.05) is 6.07 Å². The molecule has 0 saturated carbocycles. The summed E-state index contributed by atoms with van der Waals surface area (Å²) in [6.07, 6.45) is -7.91. The van der Waals surface area contributed by atoms with Crippen molar-refractivity contribution in [2.45, 2.75) is 37.6 Å². The molecule has 1 fully saturated rings. The SMILES string of the molecule is CC(=O)C1OC(Oc2cc(O)c3c(=O)cc(-c4ccccc4)oc3c2)C(O)C(O)C1O. The quantitative estimate of drug-likeness (QED) is 0.477. The number of aliphatic hydroxyl groups excluding tert-OH is 3. The summed E-state index contributed by atoms with van der Waals surface area (Å²) in [5.41, 5.74) is 0.211. The summed E-state index contributed by atoms with van der Waals surface area (Å²) in [5.74, 6) is -0.756. The first-order chi connectivity index (χ1) is 14.8. The molecule has 9 nitrogen and oxygen atoms in total. The molecule has 162 valence electrons. The Morgan fingerprint density at radius 3 is 2.39 bits per heavy atom. The Hall–Kier alpha value is -3.24. The molecular weight excluding hydrogens is 408 g/mol. The average Bonchev–Trinajstić information content (AvgIpc) is 2.74. The van der Waals surface area contributed by atoms with Crippen molar-refractivity contribution in [3.05, 3.63) is 58.8 Å². The lowest BCUT2D eigenvalue weighted by Gasteiger charge is -2.39. The van der Waals surface area contributed by atoms with E-state index in [9.17, 15) is 30.0 Å². The van der Waals surface area contributed by atoms with E-state index in [1.165, 1.54) is 12.1 Å². The Morgan fingerprint density at radius 1 is 1.00 bits per heavy atom. The molecule has 2 aromatic carbocycles. The van der Waals surface area contributed by atoms with Gasteiger partial charge >= 0.3 is 0 Å². The Kier molecular flexibility index (Phi) is 5.50. The number of fused-ring (bicyclic) bond motifs is 1. The number of phenolic OH excluding ortho intramolecular Hbond substituents is 1. The van der Waals surface area contributed by atoms with Gasteiger partial charge in [-0.1, -0.05) is 30.3 Å². The molecule has 0 amide bonds. The molecule has 4 N–H and O–H groups in total. The van der Waals surface area contributed by atoms with Crippen molar-refractivity contribution in [2.75, 3.05) is 0 Å². The Labute approximate surface area is 175 Å². The van der Waals surface area contributed by atoms with E-state index in [1.54, 1.807) is 24.3 Å². The summed E-state index contributed by atoms with van der Waals surface area (Å²) in [5, 5.41) is 40.4. The fraction of sp³-hybridized carbons (Fsp3) is 0.273. The van der Waals surface area contributed by atoms with Crippen molar-refractivity contribution < 1.29 is 39.1 Å². The lowest BCUT2D eigenvalue weighted by molar-refractivity contribution is -0.265. The van der Waals surface area contributed by atoms with Gasteiger partial charge in [-0.05, 0) is 6.92 Å². The van der Waals surface area contributed by atoms with Crippen LogP contribution in [-0.2, 0) is 9.53 Å². The number of hydrogen-bond donors (Lipinski definition) is 4. The van der Waals surface area contributed by atoms with Gasteiger partial charge < -0.3 is 34.3 Å². The smallest absolute Gasteiger partial charge is 0.229 e. The molecule has 0 spiro atoms. The molecule has 0 bridgehead atoms. The summed E-state index contributed by atoms with van der Waals surface area (Å²) in [4.78, 5) is 24.2. The third-order valence-corrected chi connectivity index (χ3v) is 5.06. The van der Waals surface area contributed by atoms with Crippen LogP contribution in [0, 0.1) is 0 Å². The number of benzene rings is 2. The Bertz CT molecular complexity index is 1170. The lowest BCUT2D eigenvalue weighted by atomic mass is 9.97. The van der Waals surface area contributed by atoms with Gasteiger partial charge in [0.15, 0.2) is 11.2 Å². The van der Waals surface area contributed by atoms with Gasteiger partial charge in [0, 0.05) is 23.8 Å². The van der Waals surface area contributed by atoms with Crippen LogP contribution in [-0.4, -0.2) is 56.9 Å². The molecule has 5 atom stereocenters. The van der Waals surface area contributed by atoms with Crippen LogP contribution in [0.5, 0.6) is 11.5 Å². The van der Waals surface area contributed by atoms with E-state index < -0.39 is 47.7 Å². The van der Waals surface area contributed by atoms with E-state index in [0.29, 0.717) is 5.56 Å². The van der Waals surface area contributed by atoms with Gasteiger partial charge in [-0.15, -0.1) is 0 Å². The number of ketones is 1. The number of aliphatic hydroxyl groups is 3. The van der Waals surface area contributed by atoms with Crippen molar-refractivity contribution >= 4 is 16.8 Å². The van der Waals surface area contributed by atoms with Crippen LogP contribution in [0.1, 0.15) is 6.92 Å². The van der Waals surface area contributed by atoms with E-state index in [2.05, 4.69) is 0 Å². The predicted molar refractivity (Wildman–Crippen MR) is 108 cm³/mol. The van der Waals surface area contributed by atoms with Gasteiger partial charge in [0.1, 0.15) is 52.6 Å². The van der Waals surface area contributed by atoms with Crippen LogP contribution in [0.2, 0.25) is 0 Å². The monoisotopic (exact) mass is 428 g/mol. The predicted octanol–water partition coefficient (Wildman–Crippen LogP) is 0.941. The van der Waals surface area contributed by atoms with Crippen molar-refractivity contribution in [3.63, 3.8) is 0 Å². The molecule has 1 aliphatic heterocycles. The van der Waals surface area contributed by atoms with Crippen LogP contribution in [0.25, 0.3) is 22.3 Å². The molecule has 31 heavy (non-hydrogen) atoms. The number of phenols is 1. The highest BCUT2D eigenvalue weighted by molar-refractivity contribution is 5.86. The van der Waals surface area contributed by atoms with Gasteiger partial charge in [-0.3, -0.25) is 9.59 Å². The first-order valence-electron chi connectivity index (χ1n) is 9.49. The normalized spacial score (nSPS) is 26.0. The molecule has 5 unspecified atom stereocenters. The summed E-state index contributed by atoms with van der Waals surface area (Å²) < 4.78 is 16.6. The number of Topliss-reactive ketones (excluding diaryl/α,β-unsaturated/α-hetero) is 1. The fourth-order valence-electron chi connectivity index (χ4n) is 3.47. The number of hydrogen-bond acceptors (Lipinski definition) is 9. The van der Waals surface area contributed by atoms with Gasteiger partial charge in [0.05, 0.1) is 0 Å². The highest BCUT2D eigenvalue weighted by Crippen LogP contribution is 2.33. The minimum atomic E-state index is -1.69. The standard InChI is InChI=1S/C22H20O9/c1-10(23)21-19(27)18(26)20(28)22(31-21)29-12-7-13(24)17-14(25)9-15(30-16(17)8-12)11-5-3-2-4-6-11/h2-9,18-22,24,26-28H,1H3. The Morgan fingerprint density at radius 2 is 1.71 bits per heavy atom. The average molecular weight is 428 g/mol. The van der Waals surface area contributed by atoms with Gasteiger partial charge in [0.2, 0.25) is 6.29 Å². The van der Waals surface area contributed by atoms with Gasteiger partial charge in [-0.2, -0.15) is 0 Å². The third kappa shape index (κ3) is 3.91. The van der Waals surface area contributed by atoms with E-state index in [0.717, 1.165) is 13.0 Å². The molecular formula is C22H20O9. The molecule has 4 rings (SSSR count). The topological polar surface area (TPSA) is 147 Å². The van der Waals surface area contributed by atoms with Crippen LogP contribution < -0.4 is 10.2 Å². The number of ether oxygens (including phenoxy) is 2. The van der Waals surface area contributed by atoms with Crippen molar-refractivity contribution in [2.24, 2.45) is 0 Å². The molecule has 2 heterocycles. The largest absolute Gasteiger partial charge is 0.507 e. The number of carbonyl (C=O) groups excluding carboxylic acids is 1. The zero-order valence-electron chi connectivity index (χ0n) is 16.3. The van der Waals surface area contributed by atoms with Crippen LogP contribution in [0.4, 0.5) is 0 Å². The highest BCUT2D eigenvalue weighted by atomic mass is 16.7. The third-order valence-electron chi connectivity index (χ3n) is 5.06. The summed E-state index contributed by atoms with van der Waals surface area (Å²) >= 11 is 0. The lowest BCUT2D eigenvalue weighted by Crippen LogP contribution is -2.60. The molecule has 1 aliphatic rings. The van der Waals surface area contributed by atoms with Crippen molar-refractivity contribution in [1.29, 1.82) is 0 Å².